The maximum atomic E-state index is 6.13. The number of rotatable bonds is 2. The van der Waals surface area contributed by atoms with Gasteiger partial charge in [-0.3, -0.25) is 9.55 Å². The van der Waals surface area contributed by atoms with Crippen LogP contribution in [-0.4, -0.2) is 20.5 Å². The Morgan fingerprint density at radius 3 is 3.00 bits per heavy atom. The van der Waals surface area contributed by atoms with Crippen LogP contribution in [0.3, 0.4) is 0 Å². The Labute approximate surface area is 150 Å². The van der Waals surface area contributed by atoms with Crippen molar-refractivity contribution in [1.82, 2.24) is 14.5 Å². The third-order valence-corrected chi connectivity index (χ3v) is 5.48. The highest BCUT2D eigenvalue weighted by molar-refractivity contribution is 7.10. The first-order valence-corrected chi connectivity index (χ1v) is 8.82. The molecule has 0 unspecified atom stereocenters. The van der Waals surface area contributed by atoms with Crippen LogP contribution in [0.2, 0.25) is 0 Å². The van der Waals surface area contributed by atoms with E-state index in [2.05, 4.69) is 46.2 Å². The molecule has 0 amide bonds. The number of thiophene rings is 1. The van der Waals surface area contributed by atoms with Gasteiger partial charge < -0.3 is 5.73 Å². The van der Waals surface area contributed by atoms with E-state index in [4.69, 9.17) is 10.7 Å². The van der Waals surface area contributed by atoms with Gasteiger partial charge in [0.25, 0.3) is 0 Å². The van der Waals surface area contributed by atoms with E-state index in [1.807, 2.05) is 23.9 Å². The first-order valence-electron chi connectivity index (χ1n) is 7.94. The lowest BCUT2D eigenvalue weighted by molar-refractivity contribution is 0.470. The minimum atomic E-state index is -0.400. The largest absolute Gasteiger partial charge is 0.369 e. The molecule has 4 heterocycles. The van der Waals surface area contributed by atoms with Crippen molar-refractivity contribution in [3.63, 3.8) is 0 Å². The Morgan fingerprint density at radius 2 is 2.16 bits per heavy atom. The lowest BCUT2D eigenvalue weighted by Gasteiger charge is -2.28. The van der Waals surface area contributed by atoms with Crippen LogP contribution in [0.15, 0.2) is 47.3 Å². The fourth-order valence-electron chi connectivity index (χ4n) is 3.05. The van der Waals surface area contributed by atoms with Crippen LogP contribution in [0.25, 0.3) is 11.1 Å². The maximum Gasteiger partial charge on any atom is 0.201 e. The molecule has 3 aromatic rings. The monoisotopic (exact) mass is 347 g/mol. The minimum Gasteiger partial charge on any atom is -0.369 e. The molecule has 0 saturated carbocycles. The number of aliphatic imine (C=N–C) groups is 1. The number of hydrogen-bond acceptors (Lipinski definition) is 5. The predicted molar refractivity (Wildman–Crippen MR) is 100 cm³/mol. The van der Waals surface area contributed by atoms with Gasteiger partial charge in [-0.1, -0.05) is 5.92 Å². The summed E-state index contributed by atoms with van der Waals surface area (Å²) in [6.45, 7) is 3.93. The number of nitrogens with zero attached hydrogens (tertiary/aromatic N) is 4. The molecule has 0 spiro atoms. The molecule has 25 heavy (non-hydrogen) atoms. The van der Waals surface area contributed by atoms with Gasteiger partial charge in [0.1, 0.15) is 11.4 Å². The summed E-state index contributed by atoms with van der Waals surface area (Å²) in [7, 11) is 0. The molecule has 5 nitrogen and oxygen atoms in total. The Bertz CT molecular complexity index is 1030. The number of hydrogen-bond donors (Lipinski definition) is 1. The number of aromatic nitrogens is 3. The standard InChI is InChI=1S/C19H17N5S/c1-3-4-13-7-14(11-21-10-13)15-8-16(25-12-15)19(2)9-17-22-5-6-24(17)18(20)23-19/h5-8,10-12H,9H2,1-2H3,(H2,20,23)/t19-/m0/s1. The van der Waals surface area contributed by atoms with Crippen LogP contribution in [-0.2, 0) is 12.0 Å². The van der Waals surface area contributed by atoms with Crippen molar-refractivity contribution in [2.45, 2.75) is 25.8 Å². The molecule has 0 bridgehead atoms. The van der Waals surface area contributed by atoms with E-state index in [1.54, 1.807) is 23.7 Å². The second-order valence-corrected chi connectivity index (χ2v) is 7.08. The van der Waals surface area contributed by atoms with Crippen LogP contribution in [0.1, 0.15) is 30.1 Å². The minimum absolute atomic E-state index is 0.400. The summed E-state index contributed by atoms with van der Waals surface area (Å²) in [5.74, 6) is 7.38. The third-order valence-electron chi connectivity index (χ3n) is 4.30. The van der Waals surface area contributed by atoms with Crippen molar-refractivity contribution in [3.05, 3.63) is 58.6 Å². The second kappa shape index (κ2) is 5.87. The summed E-state index contributed by atoms with van der Waals surface area (Å²) in [5.41, 5.74) is 8.82. The van der Waals surface area contributed by atoms with Crippen molar-refractivity contribution in [2.24, 2.45) is 10.7 Å². The molecule has 1 aliphatic heterocycles. The highest BCUT2D eigenvalue weighted by atomic mass is 32.1. The van der Waals surface area contributed by atoms with Crippen molar-refractivity contribution in [2.75, 3.05) is 0 Å². The zero-order valence-corrected chi connectivity index (χ0v) is 14.8. The van der Waals surface area contributed by atoms with Gasteiger partial charge in [0.05, 0.1) is 0 Å². The van der Waals surface area contributed by atoms with E-state index in [0.717, 1.165) is 33.8 Å². The van der Waals surface area contributed by atoms with Gasteiger partial charge in [-0.15, -0.1) is 17.3 Å². The molecule has 0 aromatic carbocycles. The Kier molecular flexibility index (Phi) is 3.66. The van der Waals surface area contributed by atoms with Gasteiger partial charge in [-0.2, -0.15) is 0 Å². The van der Waals surface area contributed by atoms with Gasteiger partial charge in [-0.25, -0.2) is 9.98 Å². The highest BCUT2D eigenvalue weighted by Gasteiger charge is 2.34. The zero-order chi connectivity index (χ0) is 17.4. The molecule has 2 N–H and O–H groups in total. The quantitative estimate of drug-likeness (QED) is 0.725. The van der Waals surface area contributed by atoms with Crippen molar-refractivity contribution >= 4 is 17.3 Å². The fraction of sp³-hybridized carbons (Fsp3) is 0.211. The molecule has 124 valence electrons. The summed E-state index contributed by atoms with van der Waals surface area (Å²) >= 11 is 1.68. The molecular formula is C19H17N5S. The van der Waals surface area contributed by atoms with Gasteiger partial charge in [0.2, 0.25) is 5.96 Å². The molecular weight excluding hydrogens is 330 g/mol. The zero-order valence-electron chi connectivity index (χ0n) is 14.0. The number of nitrogens with two attached hydrogens (primary N) is 1. The predicted octanol–water partition coefficient (Wildman–Crippen LogP) is 3.01. The smallest absolute Gasteiger partial charge is 0.201 e. The van der Waals surface area contributed by atoms with E-state index < -0.39 is 5.54 Å². The third kappa shape index (κ3) is 2.73. The van der Waals surface area contributed by atoms with Crippen LogP contribution >= 0.6 is 11.3 Å². The second-order valence-electron chi connectivity index (χ2n) is 6.17. The lowest BCUT2D eigenvalue weighted by Crippen LogP contribution is -2.37. The summed E-state index contributed by atoms with van der Waals surface area (Å²) < 4.78 is 1.84. The maximum absolute atomic E-state index is 6.13. The first-order chi connectivity index (χ1) is 12.1. The van der Waals surface area contributed by atoms with E-state index in [1.165, 1.54) is 0 Å². The summed E-state index contributed by atoms with van der Waals surface area (Å²) in [5, 5.41) is 2.13. The topological polar surface area (TPSA) is 69.1 Å². The van der Waals surface area contributed by atoms with E-state index in [-0.39, 0.29) is 0 Å². The van der Waals surface area contributed by atoms with Crippen LogP contribution in [0.5, 0.6) is 0 Å². The highest BCUT2D eigenvalue weighted by Crippen LogP contribution is 2.38. The van der Waals surface area contributed by atoms with Gasteiger partial charge in [0.15, 0.2) is 0 Å². The van der Waals surface area contributed by atoms with Crippen LogP contribution in [0.4, 0.5) is 0 Å². The number of imidazole rings is 1. The summed E-state index contributed by atoms with van der Waals surface area (Å²) in [4.78, 5) is 14.6. The van der Waals surface area contributed by atoms with Crippen molar-refractivity contribution in [3.8, 4) is 23.0 Å². The number of pyridine rings is 1. The van der Waals surface area contributed by atoms with E-state index in [0.29, 0.717) is 5.96 Å². The molecule has 1 atom stereocenters. The average molecular weight is 347 g/mol. The SMILES string of the molecule is CC#Cc1cncc(-c2csc([C@]3(C)Cc4nccn4C(N)=N3)c2)c1. The summed E-state index contributed by atoms with van der Waals surface area (Å²) in [6, 6.07) is 4.23. The first kappa shape index (κ1) is 15.6. The Balaban J connectivity index is 1.71. The molecule has 0 saturated heterocycles. The van der Waals surface area contributed by atoms with Gasteiger partial charge in [-0.05, 0) is 36.9 Å². The molecule has 3 aromatic heterocycles. The lowest BCUT2D eigenvalue weighted by atomic mass is 9.94. The Hall–Kier alpha value is -2.91. The van der Waals surface area contributed by atoms with Gasteiger partial charge >= 0.3 is 0 Å². The van der Waals surface area contributed by atoms with Crippen molar-refractivity contribution < 1.29 is 0 Å². The molecule has 0 radical (unpaired) electrons. The molecule has 4 rings (SSSR count). The van der Waals surface area contributed by atoms with Crippen LogP contribution < -0.4 is 5.73 Å². The van der Waals surface area contributed by atoms with E-state index >= 15 is 0 Å². The number of fused-ring (bicyclic) bond motifs is 1. The molecule has 0 fully saturated rings. The van der Waals surface area contributed by atoms with E-state index in [9.17, 15) is 0 Å². The Morgan fingerprint density at radius 1 is 1.28 bits per heavy atom. The molecule has 0 aliphatic carbocycles. The van der Waals surface area contributed by atoms with Crippen molar-refractivity contribution in [1.29, 1.82) is 0 Å². The van der Waals surface area contributed by atoms with Gasteiger partial charge in [0, 0.05) is 47.2 Å². The molecule has 1 aliphatic rings. The van der Waals surface area contributed by atoms with Crippen LogP contribution in [0, 0.1) is 11.8 Å². The average Bonchev–Trinajstić information content (AvgIpc) is 3.25. The molecule has 6 heteroatoms. The summed E-state index contributed by atoms with van der Waals surface area (Å²) in [6.07, 6.45) is 7.97. The normalized spacial score (nSPS) is 18.9. The fourth-order valence-corrected chi connectivity index (χ4v) is 4.08.